The number of para-hydroxylation sites is 1. The molecule has 0 bridgehead atoms. The molecule has 0 saturated carbocycles. The molecule has 0 spiro atoms. The van der Waals surface area contributed by atoms with E-state index in [0.29, 0.717) is 10.3 Å². The molecule has 3 heteroatoms. The Bertz CT molecular complexity index is 803. The maximum absolute atomic E-state index is 12.3. The van der Waals surface area contributed by atoms with E-state index in [1.165, 1.54) is 5.56 Å². The number of H-pyrrole nitrogens is 1. The molecule has 0 aliphatic carbocycles. The first-order valence-corrected chi connectivity index (χ1v) is 6.52. The fraction of sp³-hybridized carbons (Fsp3) is 0.0625. The van der Waals surface area contributed by atoms with E-state index in [2.05, 4.69) is 17.6 Å². The first-order chi connectivity index (χ1) is 9.16. The molecule has 0 fully saturated rings. The Morgan fingerprint density at radius 2 is 1.68 bits per heavy atom. The Morgan fingerprint density at radius 1 is 1.00 bits per heavy atom. The average Bonchev–Trinajstić information content (AvgIpc) is 2.44. The van der Waals surface area contributed by atoms with Crippen molar-refractivity contribution in [1.29, 1.82) is 0 Å². The Kier molecular flexibility index (Phi) is 2.91. The molecule has 2 nitrogen and oxygen atoms in total. The highest BCUT2D eigenvalue weighted by atomic mass is 32.1. The molecule has 0 aliphatic heterocycles. The Morgan fingerprint density at radius 3 is 2.42 bits per heavy atom. The van der Waals surface area contributed by atoms with Crippen LogP contribution in [0.3, 0.4) is 0 Å². The molecule has 94 valence electrons. The molecule has 3 aromatic rings. The summed E-state index contributed by atoms with van der Waals surface area (Å²) in [5.74, 6) is 0. The molecule has 1 heterocycles. The minimum absolute atomic E-state index is 0.0340. The van der Waals surface area contributed by atoms with Crippen molar-refractivity contribution in [3.05, 3.63) is 64.3 Å². The van der Waals surface area contributed by atoms with Crippen LogP contribution in [0.5, 0.6) is 0 Å². The molecular weight excluding hydrogens is 254 g/mol. The van der Waals surface area contributed by atoms with Gasteiger partial charge in [0.1, 0.15) is 0 Å². The molecule has 0 amide bonds. The predicted molar refractivity (Wildman–Crippen MR) is 82.0 cm³/mol. The summed E-state index contributed by atoms with van der Waals surface area (Å²) in [5, 5.41) is 0.670. The van der Waals surface area contributed by atoms with Gasteiger partial charge in [-0.3, -0.25) is 4.79 Å². The minimum Gasteiger partial charge on any atom is -0.353 e. The first-order valence-electron chi connectivity index (χ1n) is 6.08. The van der Waals surface area contributed by atoms with E-state index in [1.807, 2.05) is 55.5 Å². The van der Waals surface area contributed by atoms with E-state index in [9.17, 15) is 4.79 Å². The summed E-state index contributed by atoms with van der Waals surface area (Å²) >= 11 is 4.38. The van der Waals surface area contributed by atoms with E-state index in [0.717, 1.165) is 16.8 Å². The zero-order chi connectivity index (χ0) is 13.4. The number of pyridine rings is 1. The van der Waals surface area contributed by atoms with Crippen LogP contribution in [-0.4, -0.2) is 4.98 Å². The van der Waals surface area contributed by atoms with Gasteiger partial charge >= 0.3 is 0 Å². The molecule has 1 aromatic heterocycles. The van der Waals surface area contributed by atoms with Gasteiger partial charge in [0.25, 0.3) is 0 Å². The van der Waals surface area contributed by atoms with Crippen molar-refractivity contribution >= 4 is 23.5 Å². The van der Waals surface area contributed by atoms with Crippen LogP contribution in [0.2, 0.25) is 0 Å². The third-order valence-electron chi connectivity index (χ3n) is 3.22. The molecule has 1 N–H and O–H groups in total. The lowest BCUT2D eigenvalue weighted by molar-refractivity contribution is 1.27. The van der Waals surface area contributed by atoms with Gasteiger partial charge in [-0.1, -0.05) is 42.0 Å². The Labute approximate surface area is 116 Å². The minimum atomic E-state index is -0.0340. The van der Waals surface area contributed by atoms with Gasteiger partial charge in [-0.15, -0.1) is 12.6 Å². The zero-order valence-electron chi connectivity index (χ0n) is 10.5. The summed E-state index contributed by atoms with van der Waals surface area (Å²) in [5.41, 5.74) is 3.73. The smallest absolute Gasteiger partial charge is 0.203 e. The number of aryl methyl sites for hydroxylation is 1. The summed E-state index contributed by atoms with van der Waals surface area (Å²) in [6, 6.07) is 15.5. The highest BCUT2D eigenvalue weighted by Crippen LogP contribution is 2.24. The second kappa shape index (κ2) is 4.59. The van der Waals surface area contributed by atoms with Gasteiger partial charge < -0.3 is 4.98 Å². The molecule has 0 atom stereocenters. The lowest BCUT2D eigenvalue weighted by Crippen LogP contribution is -2.06. The number of rotatable bonds is 1. The van der Waals surface area contributed by atoms with Crippen molar-refractivity contribution in [2.24, 2.45) is 0 Å². The number of thiol groups is 1. The predicted octanol–water partition coefficient (Wildman–Crippen LogP) is 3.79. The molecule has 0 radical (unpaired) electrons. The van der Waals surface area contributed by atoms with Crippen LogP contribution in [0.4, 0.5) is 0 Å². The van der Waals surface area contributed by atoms with Crippen molar-refractivity contribution in [2.75, 3.05) is 0 Å². The molecule has 2 aromatic carbocycles. The number of nitrogens with one attached hydrogen (secondary N) is 1. The van der Waals surface area contributed by atoms with Gasteiger partial charge in [0, 0.05) is 10.9 Å². The fourth-order valence-corrected chi connectivity index (χ4v) is 2.46. The van der Waals surface area contributed by atoms with Crippen molar-refractivity contribution < 1.29 is 0 Å². The summed E-state index contributed by atoms with van der Waals surface area (Å²) in [6.45, 7) is 2.04. The molecule has 3 rings (SSSR count). The van der Waals surface area contributed by atoms with Crippen LogP contribution < -0.4 is 5.43 Å². The van der Waals surface area contributed by atoms with E-state index in [1.54, 1.807) is 0 Å². The van der Waals surface area contributed by atoms with E-state index in [4.69, 9.17) is 0 Å². The summed E-state index contributed by atoms with van der Waals surface area (Å²) in [6.07, 6.45) is 0. The normalized spacial score (nSPS) is 10.8. The third-order valence-corrected chi connectivity index (χ3v) is 3.65. The number of hydrogen-bond acceptors (Lipinski definition) is 2. The van der Waals surface area contributed by atoms with Gasteiger partial charge in [0.2, 0.25) is 5.43 Å². The van der Waals surface area contributed by atoms with Crippen molar-refractivity contribution in [3.8, 4) is 11.3 Å². The maximum Gasteiger partial charge on any atom is 0.203 e. The Balaban J connectivity index is 2.33. The summed E-state index contributed by atoms with van der Waals surface area (Å²) in [4.78, 5) is 16.0. The van der Waals surface area contributed by atoms with E-state index >= 15 is 0 Å². The van der Waals surface area contributed by atoms with Crippen molar-refractivity contribution in [3.63, 3.8) is 0 Å². The topological polar surface area (TPSA) is 32.9 Å². The Hall–Kier alpha value is -2.00. The average molecular weight is 267 g/mol. The van der Waals surface area contributed by atoms with Crippen LogP contribution in [0.25, 0.3) is 22.2 Å². The maximum atomic E-state index is 12.3. The van der Waals surface area contributed by atoms with Crippen molar-refractivity contribution in [2.45, 2.75) is 11.8 Å². The van der Waals surface area contributed by atoms with Crippen LogP contribution >= 0.6 is 12.6 Å². The van der Waals surface area contributed by atoms with Gasteiger partial charge in [-0.25, -0.2) is 0 Å². The number of fused-ring (bicyclic) bond motifs is 1. The van der Waals surface area contributed by atoms with Gasteiger partial charge in [0.15, 0.2) is 0 Å². The van der Waals surface area contributed by atoms with Crippen LogP contribution in [-0.2, 0) is 0 Å². The quantitative estimate of drug-likeness (QED) is 0.646. The number of aromatic amines is 1. The second-order valence-electron chi connectivity index (χ2n) is 4.59. The number of hydrogen-bond donors (Lipinski definition) is 2. The van der Waals surface area contributed by atoms with Gasteiger partial charge in [-0.05, 0) is 24.6 Å². The molecular formula is C16H13NOS. The van der Waals surface area contributed by atoms with Crippen LogP contribution in [0.1, 0.15) is 5.56 Å². The largest absolute Gasteiger partial charge is 0.353 e. The fourth-order valence-electron chi connectivity index (χ4n) is 2.15. The second-order valence-corrected chi connectivity index (χ2v) is 5.04. The lowest BCUT2D eigenvalue weighted by Gasteiger charge is -2.08. The van der Waals surface area contributed by atoms with Crippen molar-refractivity contribution in [1.82, 2.24) is 4.98 Å². The standard InChI is InChI=1S/C16H13NOS/c1-10-6-8-11(9-7-10)14-16(19)15(18)12-4-2-3-5-13(12)17-14/h2-9,19H,1H3,(H,17,18). The molecule has 0 saturated heterocycles. The first kappa shape index (κ1) is 12.1. The highest BCUT2D eigenvalue weighted by molar-refractivity contribution is 7.80. The van der Waals surface area contributed by atoms with Gasteiger partial charge in [-0.2, -0.15) is 0 Å². The van der Waals surface area contributed by atoms with Gasteiger partial charge in [0.05, 0.1) is 10.6 Å². The monoisotopic (exact) mass is 267 g/mol. The lowest BCUT2D eigenvalue weighted by atomic mass is 10.1. The summed E-state index contributed by atoms with van der Waals surface area (Å²) < 4.78 is 0. The number of aromatic nitrogens is 1. The summed E-state index contributed by atoms with van der Waals surface area (Å²) in [7, 11) is 0. The van der Waals surface area contributed by atoms with Crippen LogP contribution in [0, 0.1) is 6.92 Å². The number of benzene rings is 2. The SMILES string of the molecule is Cc1ccc(-c2[nH]c3ccccc3c(=O)c2S)cc1. The molecule has 19 heavy (non-hydrogen) atoms. The zero-order valence-corrected chi connectivity index (χ0v) is 11.4. The highest BCUT2D eigenvalue weighted by Gasteiger charge is 2.10. The van der Waals surface area contributed by atoms with E-state index in [-0.39, 0.29) is 5.43 Å². The van der Waals surface area contributed by atoms with E-state index < -0.39 is 0 Å². The van der Waals surface area contributed by atoms with Crippen LogP contribution in [0.15, 0.2) is 58.2 Å². The molecule has 0 unspecified atom stereocenters. The third kappa shape index (κ3) is 2.06. The molecule has 0 aliphatic rings.